The monoisotopic (exact) mass is 226 g/mol. The van der Waals surface area contributed by atoms with Crippen LogP contribution in [0.1, 0.15) is 0 Å². The van der Waals surface area contributed by atoms with Gasteiger partial charge in [0.1, 0.15) is 0 Å². The number of para-hydroxylation sites is 1. The van der Waals surface area contributed by atoms with Gasteiger partial charge < -0.3 is 4.98 Å². The summed E-state index contributed by atoms with van der Waals surface area (Å²) in [6.07, 6.45) is 0. The summed E-state index contributed by atoms with van der Waals surface area (Å²) in [5.74, 6) is 0. The molecule has 0 aliphatic heterocycles. The number of H-pyrrole nitrogens is 1. The van der Waals surface area contributed by atoms with Crippen molar-refractivity contribution in [1.29, 1.82) is 0 Å². The van der Waals surface area contributed by atoms with Crippen LogP contribution in [0.5, 0.6) is 0 Å². The van der Waals surface area contributed by atoms with Crippen LogP contribution in [0.15, 0.2) is 48.5 Å². The maximum Gasteiger partial charge on any atom is 0.0740 e. The van der Waals surface area contributed by atoms with Gasteiger partial charge in [-0.1, -0.05) is 48.0 Å². The first-order valence-electron chi connectivity index (χ1n) is 5.09. The van der Waals surface area contributed by atoms with Gasteiger partial charge in [-0.2, -0.15) is 0 Å². The highest BCUT2D eigenvalue weighted by molar-refractivity contribution is 6.38. The zero-order chi connectivity index (χ0) is 11.0. The van der Waals surface area contributed by atoms with Gasteiger partial charge in [0, 0.05) is 16.5 Å². The van der Waals surface area contributed by atoms with E-state index in [0.717, 1.165) is 27.2 Å². The molecule has 1 aromatic heterocycles. The molecular formula is C14H9ClN. The lowest BCUT2D eigenvalue weighted by Gasteiger charge is -1.97. The first-order valence-corrected chi connectivity index (χ1v) is 5.47. The lowest BCUT2D eigenvalue weighted by atomic mass is 10.1. The second-order valence-corrected chi connectivity index (χ2v) is 4.03. The maximum atomic E-state index is 6.35. The Morgan fingerprint density at radius 1 is 1.06 bits per heavy atom. The predicted molar refractivity (Wildman–Crippen MR) is 67.6 cm³/mol. The first-order chi connectivity index (χ1) is 7.86. The van der Waals surface area contributed by atoms with Crippen LogP contribution in [0.2, 0.25) is 5.02 Å². The third-order valence-electron chi connectivity index (χ3n) is 2.64. The average molecular weight is 227 g/mol. The zero-order valence-corrected chi connectivity index (χ0v) is 9.25. The van der Waals surface area contributed by atoms with Crippen LogP contribution < -0.4 is 0 Å². The molecule has 1 radical (unpaired) electrons. The van der Waals surface area contributed by atoms with Gasteiger partial charge >= 0.3 is 0 Å². The van der Waals surface area contributed by atoms with Crippen LogP contribution in [0.25, 0.3) is 22.2 Å². The Morgan fingerprint density at radius 2 is 1.94 bits per heavy atom. The predicted octanol–water partition coefficient (Wildman–Crippen LogP) is 4.29. The highest BCUT2D eigenvalue weighted by atomic mass is 35.5. The Kier molecular flexibility index (Phi) is 2.19. The van der Waals surface area contributed by atoms with Gasteiger partial charge in [0.05, 0.1) is 10.7 Å². The van der Waals surface area contributed by atoms with Crippen molar-refractivity contribution in [3.8, 4) is 11.3 Å². The quantitative estimate of drug-likeness (QED) is 0.637. The van der Waals surface area contributed by atoms with Crippen LogP contribution >= 0.6 is 11.6 Å². The van der Waals surface area contributed by atoms with Crippen molar-refractivity contribution in [2.75, 3.05) is 0 Å². The Hall–Kier alpha value is -1.73. The summed E-state index contributed by atoms with van der Waals surface area (Å²) in [6, 6.07) is 18.9. The van der Waals surface area contributed by atoms with Crippen LogP contribution in [0.3, 0.4) is 0 Å². The summed E-state index contributed by atoms with van der Waals surface area (Å²) < 4.78 is 0. The molecule has 0 aliphatic carbocycles. The van der Waals surface area contributed by atoms with E-state index in [1.54, 1.807) is 0 Å². The van der Waals surface area contributed by atoms with Crippen LogP contribution in [-0.4, -0.2) is 4.98 Å². The van der Waals surface area contributed by atoms with Crippen molar-refractivity contribution in [2.45, 2.75) is 0 Å². The highest BCUT2D eigenvalue weighted by Crippen LogP contribution is 2.33. The number of nitrogens with one attached hydrogen (secondary N) is 1. The minimum atomic E-state index is 0.773. The molecule has 0 amide bonds. The Balaban J connectivity index is 2.29. The lowest BCUT2D eigenvalue weighted by molar-refractivity contribution is 1.45. The molecule has 0 saturated heterocycles. The van der Waals surface area contributed by atoms with Gasteiger partial charge in [-0.25, -0.2) is 0 Å². The van der Waals surface area contributed by atoms with Gasteiger partial charge in [0.25, 0.3) is 0 Å². The van der Waals surface area contributed by atoms with Gasteiger partial charge in [0.2, 0.25) is 0 Å². The molecule has 3 aromatic rings. The smallest absolute Gasteiger partial charge is 0.0740 e. The van der Waals surface area contributed by atoms with Gasteiger partial charge in [-0.05, 0) is 18.2 Å². The third kappa shape index (κ3) is 1.41. The number of aromatic amines is 1. The summed E-state index contributed by atoms with van der Waals surface area (Å²) in [7, 11) is 0. The Bertz CT molecular complexity index is 626. The summed E-state index contributed by atoms with van der Waals surface area (Å²) in [5.41, 5.74) is 3.08. The van der Waals surface area contributed by atoms with Crippen LogP contribution in [-0.2, 0) is 0 Å². The fourth-order valence-electron chi connectivity index (χ4n) is 1.86. The molecule has 0 atom stereocenters. The molecule has 16 heavy (non-hydrogen) atoms. The minimum absolute atomic E-state index is 0.773. The van der Waals surface area contributed by atoms with Crippen molar-refractivity contribution >= 4 is 22.5 Å². The molecule has 0 saturated carbocycles. The van der Waals surface area contributed by atoms with Crippen molar-refractivity contribution in [2.24, 2.45) is 0 Å². The molecule has 1 N–H and O–H groups in total. The summed E-state index contributed by atoms with van der Waals surface area (Å²) in [5, 5.41) is 1.83. The van der Waals surface area contributed by atoms with E-state index in [1.807, 2.05) is 48.5 Å². The van der Waals surface area contributed by atoms with Crippen molar-refractivity contribution in [1.82, 2.24) is 4.98 Å². The number of rotatable bonds is 1. The summed E-state index contributed by atoms with van der Waals surface area (Å²) in [4.78, 5) is 3.33. The average Bonchev–Trinajstić information content (AvgIpc) is 2.69. The van der Waals surface area contributed by atoms with E-state index < -0.39 is 0 Å². The third-order valence-corrected chi connectivity index (χ3v) is 3.03. The van der Waals surface area contributed by atoms with Gasteiger partial charge in [-0.3, -0.25) is 0 Å². The largest absolute Gasteiger partial charge is 0.353 e. The molecular weight excluding hydrogens is 218 g/mol. The number of hydrogen-bond donors (Lipinski definition) is 1. The van der Waals surface area contributed by atoms with Crippen molar-refractivity contribution in [3.63, 3.8) is 0 Å². The topological polar surface area (TPSA) is 15.8 Å². The SMILES string of the molecule is Clc1c(-c2c[c]ccc2)[nH]c2ccccc12. The second kappa shape index (κ2) is 3.69. The maximum absolute atomic E-state index is 6.35. The van der Waals surface area contributed by atoms with Crippen LogP contribution in [0.4, 0.5) is 0 Å². The van der Waals surface area contributed by atoms with E-state index in [4.69, 9.17) is 11.6 Å². The van der Waals surface area contributed by atoms with Crippen LogP contribution in [0, 0.1) is 6.07 Å². The molecule has 1 heterocycles. The number of benzene rings is 2. The first kappa shape index (κ1) is 9.49. The van der Waals surface area contributed by atoms with Crippen molar-refractivity contribution in [3.05, 3.63) is 59.6 Å². The summed E-state index contributed by atoms with van der Waals surface area (Å²) in [6.45, 7) is 0. The Morgan fingerprint density at radius 3 is 2.69 bits per heavy atom. The molecule has 0 spiro atoms. The van der Waals surface area contributed by atoms with Gasteiger partial charge in [0.15, 0.2) is 0 Å². The molecule has 0 unspecified atom stereocenters. The summed E-state index contributed by atoms with van der Waals surface area (Å²) >= 11 is 6.35. The fraction of sp³-hybridized carbons (Fsp3) is 0. The van der Waals surface area contributed by atoms with Crippen molar-refractivity contribution < 1.29 is 0 Å². The molecule has 2 heteroatoms. The molecule has 1 nitrogen and oxygen atoms in total. The molecule has 2 aromatic carbocycles. The number of fused-ring (bicyclic) bond motifs is 1. The number of halogens is 1. The molecule has 0 fully saturated rings. The lowest BCUT2D eigenvalue weighted by Crippen LogP contribution is -1.76. The zero-order valence-electron chi connectivity index (χ0n) is 8.50. The Labute approximate surface area is 98.7 Å². The molecule has 0 bridgehead atoms. The van der Waals surface area contributed by atoms with E-state index >= 15 is 0 Å². The van der Waals surface area contributed by atoms with E-state index in [9.17, 15) is 0 Å². The minimum Gasteiger partial charge on any atom is -0.353 e. The van der Waals surface area contributed by atoms with E-state index in [0.29, 0.717) is 0 Å². The van der Waals surface area contributed by atoms with Gasteiger partial charge in [-0.15, -0.1) is 0 Å². The highest BCUT2D eigenvalue weighted by Gasteiger charge is 2.09. The van der Waals surface area contributed by atoms with E-state index in [1.165, 1.54) is 0 Å². The molecule has 3 rings (SSSR count). The van der Waals surface area contributed by atoms with E-state index in [2.05, 4.69) is 11.1 Å². The fourth-order valence-corrected chi connectivity index (χ4v) is 2.18. The molecule has 0 aliphatic rings. The number of hydrogen-bond acceptors (Lipinski definition) is 0. The van der Waals surface area contributed by atoms with E-state index in [-0.39, 0.29) is 0 Å². The standard InChI is InChI=1S/C14H9ClN/c15-13-11-8-4-5-9-12(11)16-14(13)10-6-2-1-3-7-10/h1-2,4-9,16H. The normalized spacial score (nSPS) is 10.8. The number of aromatic nitrogens is 1. The second-order valence-electron chi connectivity index (χ2n) is 3.65. The molecule has 77 valence electrons.